The summed E-state index contributed by atoms with van der Waals surface area (Å²) in [5.74, 6) is -0.280. The highest BCUT2D eigenvalue weighted by Crippen LogP contribution is 2.21. The lowest BCUT2D eigenvalue weighted by atomic mass is 9.90. The molecule has 0 aliphatic heterocycles. The Labute approximate surface area is 127 Å². The van der Waals surface area contributed by atoms with Gasteiger partial charge in [-0.2, -0.15) is 0 Å². The molecule has 0 saturated carbocycles. The number of carbonyl (C=O) groups is 1. The molecule has 1 amide bonds. The molecule has 1 heterocycles. The van der Waals surface area contributed by atoms with Gasteiger partial charge in [-0.15, -0.1) is 0 Å². The van der Waals surface area contributed by atoms with Crippen LogP contribution in [0.2, 0.25) is 0 Å². The van der Waals surface area contributed by atoms with Crippen LogP contribution in [-0.4, -0.2) is 17.4 Å². The monoisotopic (exact) mass is 292 g/mol. The summed E-state index contributed by atoms with van der Waals surface area (Å²) in [5, 5.41) is 2.83. The Morgan fingerprint density at radius 3 is 2.52 bits per heavy atom. The minimum Gasteiger partial charge on any atom is -0.352 e. The number of amides is 1. The van der Waals surface area contributed by atoms with E-state index in [1.807, 2.05) is 13.8 Å². The van der Waals surface area contributed by atoms with Crippen molar-refractivity contribution in [2.75, 3.05) is 6.54 Å². The predicted molar refractivity (Wildman–Crippen MR) is 86.8 cm³/mol. The van der Waals surface area contributed by atoms with Crippen LogP contribution in [0.15, 0.2) is 10.9 Å². The van der Waals surface area contributed by atoms with E-state index in [1.54, 1.807) is 6.07 Å². The number of H-pyrrole nitrogens is 1. The van der Waals surface area contributed by atoms with E-state index in [0.29, 0.717) is 12.0 Å². The lowest BCUT2D eigenvalue weighted by Crippen LogP contribution is -2.31. The SMILES string of the molecule is CCc1[nH]c(=O)c(C(=O)NCCCCC(C)(C)C)cc1C. The Morgan fingerprint density at radius 1 is 1.29 bits per heavy atom. The number of hydrogen-bond acceptors (Lipinski definition) is 2. The summed E-state index contributed by atoms with van der Waals surface area (Å²) in [5.41, 5.74) is 2.08. The molecule has 0 aliphatic rings. The van der Waals surface area contributed by atoms with Gasteiger partial charge in [0.1, 0.15) is 5.56 Å². The zero-order chi connectivity index (χ0) is 16.0. The topological polar surface area (TPSA) is 62.0 Å². The largest absolute Gasteiger partial charge is 0.352 e. The number of rotatable bonds is 6. The quantitative estimate of drug-likeness (QED) is 0.791. The molecule has 0 atom stereocenters. The van der Waals surface area contributed by atoms with Gasteiger partial charge >= 0.3 is 0 Å². The summed E-state index contributed by atoms with van der Waals surface area (Å²) in [4.78, 5) is 26.7. The Kier molecular flexibility index (Phi) is 6.19. The van der Waals surface area contributed by atoms with Crippen LogP contribution in [0.4, 0.5) is 0 Å². The van der Waals surface area contributed by atoms with E-state index in [4.69, 9.17) is 0 Å². The maximum absolute atomic E-state index is 12.0. The van der Waals surface area contributed by atoms with Crippen molar-refractivity contribution >= 4 is 5.91 Å². The van der Waals surface area contributed by atoms with Crippen molar-refractivity contribution in [2.45, 2.75) is 60.3 Å². The van der Waals surface area contributed by atoms with Crippen LogP contribution in [0, 0.1) is 12.3 Å². The van der Waals surface area contributed by atoms with Crippen LogP contribution >= 0.6 is 0 Å². The summed E-state index contributed by atoms with van der Waals surface area (Å²) in [7, 11) is 0. The third-order valence-corrected chi connectivity index (χ3v) is 3.58. The molecule has 0 unspecified atom stereocenters. The lowest BCUT2D eigenvalue weighted by molar-refractivity contribution is 0.0951. The second-order valence-corrected chi connectivity index (χ2v) is 6.80. The van der Waals surface area contributed by atoms with Gasteiger partial charge in [0.15, 0.2) is 0 Å². The Balaban J connectivity index is 2.53. The van der Waals surface area contributed by atoms with Crippen molar-refractivity contribution in [3.63, 3.8) is 0 Å². The molecule has 4 nitrogen and oxygen atoms in total. The molecule has 0 saturated heterocycles. The fourth-order valence-corrected chi connectivity index (χ4v) is 2.29. The summed E-state index contributed by atoms with van der Waals surface area (Å²) in [6.07, 6.45) is 3.91. The van der Waals surface area contributed by atoms with Crippen molar-refractivity contribution in [1.82, 2.24) is 10.3 Å². The van der Waals surface area contributed by atoms with E-state index in [1.165, 1.54) is 0 Å². The number of aryl methyl sites for hydroxylation is 2. The minimum absolute atomic E-state index is 0.209. The number of aromatic amines is 1. The maximum atomic E-state index is 12.0. The number of aromatic nitrogens is 1. The van der Waals surface area contributed by atoms with Gasteiger partial charge < -0.3 is 10.3 Å². The summed E-state index contributed by atoms with van der Waals surface area (Å²) in [6, 6.07) is 1.68. The lowest BCUT2D eigenvalue weighted by Gasteiger charge is -2.17. The maximum Gasteiger partial charge on any atom is 0.261 e. The predicted octanol–water partition coefficient (Wildman–Crippen LogP) is 3.19. The van der Waals surface area contributed by atoms with Crippen molar-refractivity contribution in [2.24, 2.45) is 5.41 Å². The molecular weight excluding hydrogens is 264 g/mol. The second kappa shape index (κ2) is 7.43. The zero-order valence-electron chi connectivity index (χ0n) is 13.9. The molecule has 0 radical (unpaired) electrons. The summed E-state index contributed by atoms with van der Waals surface area (Å²) in [6.45, 7) is 11.1. The molecule has 21 heavy (non-hydrogen) atoms. The number of nitrogens with one attached hydrogen (secondary N) is 2. The van der Waals surface area contributed by atoms with Crippen molar-refractivity contribution in [1.29, 1.82) is 0 Å². The van der Waals surface area contributed by atoms with Gasteiger partial charge in [0.2, 0.25) is 0 Å². The van der Waals surface area contributed by atoms with Gasteiger partial charge in [0.05, 0.1) is 0 Å². The van der Waals surface area contributed by atoms with Crippen molar-refractivity contribution in [3.05, 3.63) is 33.2 Å². The van der Waals surface area contributed by atoms with Crippen LogP contribution < -0.4 is 10.9 Å². The highest BCUT2D eigenvalue weighted by atomic mass is 16.2. The molecule has 1 rings (SSSR count). The van der Waals surface area contributed by atoms with Gasteiger partial charge in [-0.25, -0.2) is 0 Å². The number of carbonyl (C=O) groups excluding carboxylic acids is 1. The Morgan fingerprint density at radius 2 is 1.95 bits per heavy atom. The van der Waals surface area contributed by atoms with Crippen LogP contribution in [0.25, 0.3) is 0 Å². The first-order valence-corrected chi connectivity index (χ1v) is 7.75. The average Bonchev–Trinajstić information content (AvgIpc) is 2.38. The summed E-state index contributed by atoms with van der Waals surface area (Å²) >= 11 is 0. The fraction of sp³-hybridized carbons (Fsp3) is 0.647. The summed E-state index contributed by atoms with van der Waals surface area (Å²) < 4.78 is 0. The molecule has 0 fully saturated rings. The molecule has 0 spiro atoms. The van der Waals surface area contributed by atoms with E-state index in [2.05, 4.69) is 31.1 Å². The van der Waals surface area contributed by atoms with E-state index in [0.717, 1.165) is 36.9 Å². The Hall–Kier alpha value is -1.58. The number of unbranched alkanes of at least 4 members (excludes halogenated alkanes) is 1. The molecule has 4 heteroatoms. The highest BCUT2D eigenvalue weighted by Gasteiger charge is 2.13. The second-order valence-electron chi connectivity index (χ2n) is 6.80. The van der Waals surface area contributed by atoms with E-state index in [9.17, 15) is 9.59 Å². The van der Waals surface area contributed by atoms with Crippen LogP contribution in [0.3, 0.4) is 0 Å². The average molecular weight is 292 g/mol. The molecule has 2 N–H and O–H groups in total. The van der Waals surface area contributed by atoms with Gasteiger partial charge in [-0.05, 0) is 43.2 Å². The molecule has 1 aromatic heterocycles. The van der Waals surface area contributed by atoms with Gasteiger partial charge in [-0.3, -0.25) is 9.59 Å². The van der Waals surface area contributed by atoms with Crippen LogP contribution in [-0.2, 0) is 6.42 Å². The van der Waals surface area contributed by atoms with Crippen LogP contribution in [0.1, 0.15) is 68.6 Å². The van der Waals surface area contributed by atoms with Gasteiger partial charge in [0, 0.05) is 12.2 Å². The fourth-order valence-electron chi connectivity index (χ4n) is 2.29. The standard InChI is InChI=1S/C17H28N2O2/c1-6-14-12(2)11-13(16(21)19-14)15(20)18-10-8-7-9-17(3,4)5/h11H,6-10H2,1-5H3,(H,18,20)(H,19,21). The van der Waals surface area contributed by atoms with Crippen LogP contribution in [0.5, 0.6) is 0 Å². The van der Waals surface area contributed by atoms with E-state index >= 15 is 0 Å². The molecule has 0 aliphatic carbocycles. The van der Waals surface area contributed by atoms with Crippen molar-refractivity contribution in [3.8, 4) is 0 Å². The normalized spacial score (nSPS) is 11.5. The highest BCUT2D eigenvalue weighted by molar-refractivity contribution is 5.93. The third kappa shape index (κ3) is 5.74. The number of hydrogen-bond donors (Lipinski definition) is 2. The first-order chi connectivity index (χ1) is 9.74. The molecule has 0 bridgehead atoms. The van der Waals surface area contributed by atoms with Crippen molar-refractivity contribution < 1.29 is 4.79 Å². The Bertz CT molecular complexity index is 539. The number of pyridine rings is 1. The van der Waals surface area contributed by atoms with Gasteiger partial charge in [0.25, 0.3) is 11.5 Å². The minimum atomic E-state index is -0.301. The molecule has 0 aromatic carbocycles. The smallest absolute Gasteiger partial charge is 0.261 e. The van der Waals surface area contributed by atoms with Gasteiger partial charge in [-0.1, -0.05) is 34.1 Å². The molecule has 1 aromatic rings. The third-order valence-electron chi connectivity index (χ3n) is 3.58. The first kappa shape index (κ1) is 17.5. The molecular formula is C17H28N2O2. The first-order valence-electron chi connectivity index (χ1n) is 7.75. The zero-order valence-corrected chi connectivity index (χ0v) is 13.9. The van der Waals surface area contributed by atoms with E-state index in [-0.39, 0.29) is 17.0 Å². The van der Waals surface area contributed by atoms with E-state index < -0.39 is 0 Å². The molecule has 118 valence electrons.